The molecule has 0 nitrogen and oxygen atoms in total. The largest absolute Gasteiger partial charge is 0.419 e. The van der Waals surface area contributed by atoms with Crippen LogP contribution < -0.4 is 0 Å². The molecule has 1 saturated carbocycles. The molecule has 0 spiro atoms. The molecule has 31 heavy (non-hydrogen) atoms. The minimum absolute atomic E-state index is 0.126. The van der Waals surface area contributed by atoms with E-state index < -0.39 is 17.6 Å². The molecule has 4 rings (SSSR count). The lowest BCUT2D eigenvalue weighted by Gasteiger charge is -2.28. The van der Waals surface area contributed by atoms with E-state index in [1.54, 1.807) is 12.1 Å². The number of alkyl halides is 3. The summed E-state index contributed by atoms with van der Waals surface area (Å²) in [5, 5.41) is 0.181. The molecule has 1 aliphatic carbocycles. The Hall–Kier alpha value is -2.43. The predicted octanol–water partition coefficient (Wildman–Crippen LogP) is 8.88. The van der Waals surface area contributed by atoms with Crippen molar-refractivity contribution in [2.45, 2.75) is 57.5 Å². The Morgan fingerprint density at radius 3 is 2.26 bits per heavy atom. The molecule has 1 aliphatic rings. The van der Waals surface area contributed by atoms with Crippen LogP contribution in [0.1, 0.15) is 62.5 Å². The fraction of sp³-hybridized carbons (Fsp3) is 0.385. The zero-order valence-corrected chi connectivity index (χ0v) is 17.4. The van der Waals surface area contributed by atoms with Crippen LogP contribution in [0.5, 0.6) is 0 Å². The highest BCUT2D eigenvalue weighted by atomic mass is 19.4. The summed E-state index contributed by atoms with van der Waals surface area (Å²) in [4.78, 5) is 0. The van der Waals surface area contributed by atoms with Crippen LogP contribution in [0.3, 0.4) is 0 Å². The van der Waals surface area contributed by atoms with Gasteiger partial charge in [-0.1, -0.05) is 50.1 Å². The Morgan fingerprint density at radius 1 is 0.871 bits per heavy atom. The molecule has 0 aromatic heterocycles. The summed E-state index contributed by atoms with van der Waals surface area (Å²) in [5.74, 6) is -0.518. The Balaban J connectivity index is 1.60. The standard InChI is InChI=1S/C26H25F5/c1-2-3-16-4-6-17(7-5-16)18-8-11-21(24(27)15-18)19-9-12-22-20(14-19)10-13-23(25(22)28)26(29,30)31/h8-17H,2-7H2,1H3. The highest BCUT2D eigenvalue weighted by Gasteiger charge is 2.34. The van der Waals surface area contributed by atoms with Gasteiger partial charge in [0.25, 0.3) is 0 Å². The van der Waals surface area contributed by atoms with Crippen LogP contribution >= 0.6 is 0 Å². The first-order chi connectivity index (χ1) is 14.8. The van der Waals surface area contributed by atoms with Crippen molar-refractivity contribution in [3.05, 3.63) is 71.3 Å². The second-order valence-electron chi connectivity index (χ2n) is 8.61. The van der Waals surface area contributed by atoms with Crippen molar-refractivity contribution >= 4 is 10.8 Å². The first-order valence-electron chi connectivity index (χ1n) is 10.9. The van der Waals surface area contributed by atoms with Crippen LogP contribution in [0.2, 0.25) is 0 Å². The van der Waals surface area contributed by atoms with Gasteiger partial charge in [-0.15, -0.1) is 0 Å². The summed E-state index contributed by atoms with van der Waals surface area (Å²) in [6.07, 6.45) is 2.20. The zero-order chi connectivity index (χ0) is 22.2. The van der Waals surface area contributed by atoms with Crippen LogP contribution in [0.15, 0.2) is 48.5 Å². The minimum atomic E-state index is -4.76. The summed E-state index contributed by atoms with van der Waals surface area (Å²) >= 11 is 0. The molecule has 3 aromatic carbocycles. The molecule has 0 aliphatic heterocycles. The van der Waals surface area contributed by atoms with Crippen molar-refractivity contribution in [2.75, 3.05) is 0 Å². The number of hydrogen-bond acceptors (Lipinski definition) is 0. The predicted molar refractivity (Wildman–Crippen MR) is 114 cm³/mol. The molecule has 5 heteroatoms. The molecule has 0 radical (unpaired) electrons. The lowest BCUT2D eigenvalue weighted by molar-refractivity contribution is -0.139. The Labute approximate surface area is 179 Å². The number of benzene rings is 3. The lowest BCUT2D eigenvalue weighted by atomic mass is 9.77. The maximum absolute atomic E-state index is 15.0. The third-order valence-corrected chi connectivity index (χ3v) is 6.58. The van der Waals surface area contributed by atoms with Gasteiger partial charge in [-0.2, -0.15) is 13.2 Å². The van der Waals surface area contributed by atoms with E-state index in [0.717, 1.165) is 30.4 Å². The average Bonchev–Trinajstić information content (AvgIpc) is 2.73. The van der Waals surface area contributed by atoms with Gasteiger partial charge in [0.2, 0.25) is 0 Å². The van der Waals surface area contributed by atoms with Gasteiger partial charge < -0.3 is 0 Å². The van der Waals surface area contributed by atoms with Crippen LogP contribution in [0, 0.1) is 17.6 Å². The summed E-state index contributed by atoms with van der Waals surface area (Å²) in [6.45, 7) is 2.20. The van der Waals surface area contributed by atoms with Gasteiger partial charge in [0, 0.05) is 10.9 Å². The van der Waals surface area contributed by atoms with Crippen molar-refractivity contribution in [2.24, 2.45) is 5.92 Å². The molecule has 0 N–H and O–H groups in total. The van der Waals surface area contributed by atoms with E-state index >= 15 is 0 Å². The van der Waals surface area contributed by atoms with E-state index in [4.69, 9.17) is 0 Å². The monoisotopic (exact) mass is 432 g/mol. The number of fused-ring (bicyclic) bond motifs is 1. The molecule has 0 bridgehead atoms. The van der Waals surface area contributed by atoms with E-state index in [2.05, 4.69) is 6.92 Å². The van der Waals surface area contributed by atoms with Crippen molar-refractivity contribution in [1.29, 1.82) is 0 Å². The van der Waals surface area contributed by atoms with Crippen LogP contribution in [0.4, 0.5) is 22.0 Å². The first-order valence-corrected chi connectivity index (χ1v) is 10.9. The maximum Gasteiger partial charge on any atom is 0.419 e. The summed E-state index contributed by atoms with van der Waals surface area (Å²) < 4.78 is 68.1. The molecule has 0 amide bonds. The summed E-state index contributed by atoms with van der Waals surface area (Å²) in [7, 11) is 0. The number of hydrogen-bond donors (Lipinski definition) is 0. The second kappa shape index (κ2) is 8.60. The SMILES string of the molecule is CCCC1CCC(c2ccc(-c3ccc4c(F)c(C(F)(F)F)ccc4c3)c(F)c2)CC1. The average molecular weight is 432 g/mol. The second-order valence-corrected chi connectivity index (χ2v) is 8.61. The normalized spacial score (nSPS) is 19.7. The molecule has 3 aromatic rings. The highest BCUT2D eigenvalue weighted by Crippen LogP contribution is 2.39. The van der Waals surface area contributed by atoms with Gasteiger partial charge in [-0.05, 0) is 72.2 Å². The fourth-order valence-electron chi connectivity index (χ4n) is 4.89. The third-order valence-electron chi connectivity index (χ3n) is 6.58. The Morgan fingerprint density at radius 2 is 1.61 bits per heavy atom. The molecular formula is C26H25F5. The van der Waals surface area contributed by atoms with Gasteiger partial charge in [0.05, 0.1) is 5.56 Å². The maximum atomic E-state index is 15.0. The van der Waals surface area contributed by atoms with Crippen LogP contribution in [-0.4, -0.2) is 0 Å². The van der Waals surface area contributed by atoms with Crippen molar-refractivity contribution < 1.29 is 22.0 Å². The Bertz CT molecular complexity index is 1080. The molecule has 0 unspecified atom stereocenters. The molecule has 0 heterocycles. The van der Waals surface area contributed by atoms with E-state index in [0.29, 0.717) is 22.4 Å². The lowest BCUT2D eigenvalue weighted by Crippen LogP contribution is -2.13. The van der Waals surface area contributed by atoms with E-state index in [9.17, 15) is 22.0 Å². The van der Waals surface area contributed by atoms with Crippen molar-refractivity contribution in [3.63, 3.8) is 0 Å². The molecule has 0 atom stereocenters. The summed E-state index contributed by atoms with van der Waals surface area (Å²) in [6, 6.07) is 11.5. The van der Waals surface area contributed by atoms with Crippen LogP contribution in [0.25, 0.3) is 21.9 Å². The molecule has 0 saturated heterocycles. The smallest absolute Gasteiger partial charge is 0.206 e. The van der Waals surface area contributed by atoms with E-state index in [-0.39, 0.29) is 11.2 Å². The van der Waals surface area contributed by atoms with Gasteiger partial charge >= 0.3 is 6.18 Å². The first kappa shape index (κ1) is 21.8. The fourth-order valence-corrected chi connectivity index (χ4v) is 4.89. The minimum Gasteiger partial charge on any atom is -0.206 e. The zero-order valence-electron chi connectivity index (χ0n) is 17.4. The van der Waals surface area contributed by atoms with Gasteiger partial charge in [-0.25, -0.2) is 8.78 Å². The summed E-state index contributed by atoms with van der Waals surface area (Å²) in [5.41, 5.74) is 0.586. The van der Waals surface area contributed by atoms with E-state index in [1.807, 2.05) is 6.07 Å². The van der Waals surface area contributed by atoms with Gasteiger partial charge in [0.1, 0.15) is 11.6 Å². The van der Waals surface area contributed by atoms with Crippen LogP contribution in [-0.2, 0) is 6.18 Å². The van der Waals surface area contributed by atoms with E-state index in [1.165, 1.54) is 49.9 Å². The van der Waals surface area contributed by atoms with Gasteiger partial charge in [-0.3, -0.25) is 0 Å². The van der Waals surface area contributed by atoms with Crippen molar-refractivity contribution in [3.8, 4) is 11.1 Å². The quantitative estimate of drug-likeness (QED) is 0.361. The Kier molecular flexibility index (Phi) is 6.05. The topological polar surface area (TPSA) is 0 Å². The molecule has 164 valence electrons. The number of rotatable bonds is 4. The molecular weight excluding hydrogens is 407 g/mol. The third kappa shape index (κ3) is 4.46. The molecule has 1 fully saturated rings. The number of halogens is 5. The van der Waals surface area contributed by atoms with Crippen molar-refractivity contribution in [1.82, 2.24) is 0 Å². The van der Waals surface area contributed by atoms with Gasteiger partial charge in [0.15, 0.2) is 0 Å². The highest BCUT2D eigenvalue weighted by molar-refractivity contribution is 5.88.